The van der Waals surface area contributed by atoms with E-state index >= 15 is 0 Å². The Morgan fingerprint density at radius 1 is 1.08 bits per heavy atom. The second-order valence-electron chi connectivity index (χ2n) is 5.46. The zero-order valence-corrected chi connectivity index (χ0v) is 14.1. The minimum atomic E-state index is -1.09. The maximum Gasteiger partial charge on any atom is 0.344 e. The lowest BCUT2D eigenvalue weighted by atomic mass is 10.2. The molecule has 0 saturated carbocycles. The number of hydrogen-bond acceptors (Lipinski definition) is 6. The van der Waals surface area contributed by atoms with Crippen LogP contribution in [0.3, 0.4) is 0 Å². The molecule has 0 amide bonds. The van der Waals surface area contributed by atoms with Crippen molar-refractivity contribution >= 4 is 16.9 Å². The predicted octanol–water partition coefficient (Wildman–Crippen LogP) is 3.45. The molecule has 0 unspecified atom stereocenters. The summed E-state index contributed by atoms with van der Waals surface area (Å²) in [7, 11) is 1.56. The fourth-order valence-electron chi connectivity index (χ4n) is 2.26. The summed E-state index contributed by atoms with van der Waals surface area (Å²) in [5.41, 5.74) is -0.0768. The largest absolute Gasteiger partial charge is 0.497 e. The number of fused-ring (bicyclic) bond motifs is 1. The van der Waals surface area contributed by atoms with Gasteiger partial charge in [-0.2, -0.15) is 0 Å². The molecule has 2 aromatic carbocycles. The third kappa shape index (κ3) is 3.61. The van der Waals surface area contributed by atoms with E-state index in [1.807, 2.05) is 0 Å². The molecule has 7 heteroatoms. The lowest BCUT2D eigenvalue weighted by molar-refractivity contribution is -0.144. The Bertz CT molecular complexity index is 989. The van der Waals surface area contributed by atoms with Crippen LogP contribution < -0.4 is 19.6 Å². The zero-order valence-electron chi connectivity index (χ0n) is 14.1. The number of methoxy groups -OCH3 is 1. The first-order valence-corrected chi connectivity index (χ1v) is 7.75. The average molecular weight is 356 g/mol. The Balaban J connectivity index is 1.88. The number of ether oxygens (including phenoxy) is 3. The third-order valence-corrected chi connectivity index (χ3v) is 3.66. The predicted molar refractivity (Wildman–Crippen MR) is 93.3 cm³/mol. The number of benzene rings is 2. The quantitative estimate of drug-likeness (QED) is 0.723. The second kappa shape index (κ2) is 7.18. The molecule has 0 aliphatic rings. The molecule has 0 aliphatic carbocycles. The molecular formula is C19H16O7. The van der Waals surface area contributed by atoms with Gasteiger partial charge in [0.1, 0.15) is 29.1 Å². The number of hydrogen-bond donors (Lipinski definition) is 1. The van der Waals surface area contributed by atoms with Gasteiger partial charge in [-0.3, -0.25) is 4.79 Å². The molecule has 3 aromatic rings. The third-order valence-electron chi connectivity index (χ3n) is 3.66. The Kier molecular flexibility index (Phi) is 4.79. The second-order valence-corrected chi connectivity index (χ2v) is 5.46. The lowest BCUT2D eigenvalue weighted by Gasteiger charge is -2.11. The van der Waals surface area contributed by atoms with E-state index in [0.717, 1.165) is 0 Å². The fourth-order valence-corrected chi connectivity index (χ4v) is 2.26. The number of carbonyl (C=O) groups is 1. The van der Waals surface area contributed by atoms with Crippen molar-refractivity contribution < 1.29 is 28.5 Å². The summed E-state index contributed by atoms with van der Waals surface area (Å²) in [6, 6.07) is 11.3. The molecule has 1 N–H and O–H groups in total. The SMILES string of the molecule is COc1ccc(Oc2coc3cc(O[C@H](C)C(=O)O)ccc3c2=O)cc1. The van der Waals surface area contributed by atoms with Crippen LogP contribution in [0.1, 0.15) is 6.92 Å². The van der Waals surface area contributed by atoms with Gasteiger partial charge in [0.2, 0.25) is 11.2 Å². The van der Waals surface area contributed by atoms with Crippen LogP contribution in [0.5, 0.6) is 23.0 Å². The molecule has 134 valence electrons. The van der Waals surface area contributed by atoms with Crippen molar-refractivity contribution in [3.05, 3.63) is 59.0 Å². The number of carboxylic acids is 1. The Morgan fingerprint density at radius 2 is 1.73 bits per heavy atom. The van der Waals surface area contributed by atoms with Crippen molar-refractivity contribution in [2.75, 3.05) is 7.11 Å². The van der Waals surface area contributed by atoms with Gasteiger partial charge >= 0.3 is 5.97 Å². The van der Waals surface area contributed by atoms with Crippen LogP contribution in [0.4, 0.5) is 0 Å². The van der Waals surface area contributed by atoms with Crippen molar-refractivity contribution in [2.45, 2.75) is 13.0 Å². The standard InChI is InChI=1S/C19H16O7/c1-11(19(21)22)25-14-7-8-15-16(9-14)24-10-17(18(15)20)26-13-5-3-12(23-2)4-6-13/h3-11H,1-2H3,(H,21,22)/t11-/m1/s1. The summed E-state index contributed by atoms with van der Waals surface area (Å²) in [5.74, 6) is 0.378. The molecule has 7 nitrogen and oxygen atoms in total. The maximum atomic E-state index is 12.6. The zero-order chi connectivity index (χ0) is 18.7. The van der Waals surface area contributed by atoms with E-state index < -0.39 is 12.1 Å². The smallest absolute Gasteiger partial charge is 0.344 e. The van der Waals surface area contributed by atoms with E-state index in [1.54, 1.807) is 31.4 Å². The highest BCUT2D eigenvalue weighted by Crippen LogP contribution is 2.25. The minimum Gasteiger partial charge on any atom is -0.497 e. The van der Waals surface area contributed by atoms with E-state index in [1.165, 1.54) is 31.4 Å². The van der Waals surface area contributed by atoms with Crippen LogP contribution in [-0.2, 0) is 4.79 Å². The van der Waals surface area contributed by atoms with Gasteiger partial charge in [0, 0.05) is 6.07 Å². The highest BCUT2D eigenvalue weighted by molar-refractivity contribution is 5.79. The first-order valence-electron chi connectivity index (χ1n) is 7.75. The van der Waals surface area contributed by atoms with Crippen LogP contribution in [0.25, 0.3) is 11.0 Å². The monoisotopic (exact) mass is 356 g/mol. The van der Waals surface area contributed by atoms with Gasteiger partial charge in [-0.05, 0) is 43.3 Å². The molecule has 26 heavy (non-hydrogen) atoms. The highest BCUT2D eigenvalue weighted by atomic mass is 16.5. The Labute approximate surface area is 148 Å². The first-order chi connectivity index (χ1) is 12.5. The van der Waals surface area contributed by atoms with Crippen molar-refractivity contribution in [3.63, 3.8) is 0 Å². The average Bonchev–Trinajstić information content (AvgIpc) is 2.64. The minimum absolute atomic E-state index is 0.0373. The van der Waals surface area contributed by atoms with Gasteiger partial charge in [-0.25, -0.2) is 4.79 Å². The normalized spacial score (nSPS) is 11.8. The molecular weight excluding hydrogens is 340 g/mol. The first kappa shape index (κ1) is 17.3. The summed E-state index contributed by atoms with van der Waals surface area (Å²) in [6.07, 6.45) is 0.191. The Hall–Kier alpha value is -3.48. The summed E-state index contributed by atoms with van der Waals surface area (Å²) in [6.45, 7) is 1.41. The van der Waals surface area contributed by atoms with Crippen molar-refractivity contribution in [1.29, 1.82) is 0 Å². The molecule has 0 spiro atoms. The van der Waals surface area contributed by atoms with Gasteiger partial charge in [0.25, 0.3) is 0 Å². The molecule has 0 aliphatic heterocycles. The number of carboxylic acid groups (broad SMARTS) is 1. The van der Waals surface area contributed by atoms with E-state index in [2.05, 4.69) is 0 Å². The van der Waals surface area contributed by atoms with Crippen LogP contribution in [-0.4, -0.2) is 24.3 Å². The number of aliphatic carboxylic acids is 1. The molecule has 1 aromatic heterocycles. The summed E-state index contributed by atoms with van der Waals surface area (Å²) in [4.78, 5) is 23.4. The van der Waals surface area contributed by atoms with Crippen molar-refractivity contribution in [3.8, 4) is 23.0 Å². The molecule has 1 atom stereocenters. The number of rotatable bonds is 6. The summed E-state index contributed by atoms with van der Waals surface area (Å²) in [5, 5.41) is 9.18. The molecule has 3 rings (SSSR count). The molecule has 0 bridgehead atoms. The molecule has 0 radical (unpaired) electrons. The van der Waals surface area contributed by atoms with Gasteiger partial charge in [-0.15, -0.1) is 0 Å². The molecule has 0 fully saturated rings. The van der Waals surface area contributed by atoms with Crippen molar-refractivity contribution in [1.82, 2.24) is 0 Å². The van der Waals surface area contributed by atoms with Gasteiger partial charge in [0.05, 0.1) is 12.5 Å². The topological polar surface area (TPSA) is 95.2 Å². The van der Waals surface area contributed by atoms with Gasteiger partial charge < -0.3 is 23.7 Å². The lowest BCUT2D eigenvalue weighted by Crippen LogP contribution is -2.22. The van der Waals surface area contributed by atoms with Crippen molar-refractivity contribution in [2.24, 2.45) is 0 Å². The van der Waals surface area contributed by atoms with E-state index in [9.17, 15) is 9.59 Å². The summed E-state index contributed by atoms with van der Waals surface area (Å²) < 4.78 is 21.4. The highest BCUT2D eigenvalue weighted by Gasteiger charge is 2.14. The van der Waals surface area contributed by atoms with Crippen LogP contribution in [0.2, 0.25) is 0 Å². The van der Waals surface area contributed by atoms with Crippen LogP contribution in [0.15, 0.2) is 57.9 Å². The maximum absolute atomic E-state index is 12.6. The summed E-state index contributed by atoms with van der Waals surface area (Å²) >= 11 is 0. The van der Waals surface area contributed by atoms with E-state index in [-0.39, 0.29) is 16.8 Å². The van der Waals surface area contributed by atoms with Crippen LogP contribution in [0, 0.1) is 0 Å². The van der Waals surface area contributed by atoms with E-state index in [4.69, 9.17) is 23.7 Å². The Morgan fingerprint density at radius 3 is 2.38 bits per heavy atom. The van der Waals surface area contributed by atoms with Gasteiger partial charge in [-0.1, -0.05) is 0 Å². The molecule has 0 saturated heterocycles. The fraction of sp³-hybridized carbons (Fsp3) is 0.158. The van der Waals surface area contributed by atoms with Gasteiger partial charge in [0.15, 0.2) is 6.10 Å². The van der Waals surface area contributed by atoms with Crippen LogP contribution >= 0.6 is 0 Å². The molecule has 1 heterocycles. The van der Waals surface area contributed by atoms with E-state index in [0.29, 0.717) is 22.6 Å².